The van der Waals surface area contributed by atoms with Crippen molar-refractivity contribution in [3.8, 4) is 5.75 Å². The summed E-state index contributed by atoms with van der Waals surface area (Å²) >= 11 is 0. The maximum absolute atomic E-state index is 11.8. The largest absolute Gasteiger partial charge is 0.494 e. The molecule has 1 heterocycles. The quantitative estimate of drug-likeness (QED) is 0.811. The minimum absolute atomic E-state index is 0.301. The van der Waals surface area contributed by atoms with Crippen molar-refractivity contribution >= 4 is 5.91 Å². The lowest BCUT2D eigenvalue weighted by Crippen LogP contribution is -2.31. The zero-order valence-electron chi connectivity index (χ0n) is 12.0. The number of nitrogens with two attached hydrogens (primary N) is 1. The van der Waals surface area contributed by atoms with E-state index in [2.05, 4.69) is 0 Å². The highest BCUT2D eigenvalue weighted by molar-refractivity contribution is 5.76. The molecule has 0 saturated carbocycles. The summed E-state index contributed by atoms with van der Waals surface area (Å²) in [5.74, 6) is 1.17. The lowest BCUT2D eigenvalue weighted by molar-refractivity contribution is -0.130. The van der Waals surface area contributed by atoms with Crippen molar-refractivity contribution in [3.05, 3.63) is 29.8 Å². The van der Waals surface area contributed by atoms with Crippen LogP contribution in [0.4, 0.5) is 0 Å². The number of nitrogens with zero attached hydrogens (tertiary/aromatic N) is 1. The molecular formula is C16H24N2O2. The van der Waals surface area contributed by atoms with Crippen LogP contribution < -0.4 is 10.5 Å². The smallest absolute Gasteiger partial charge is 0.222 e. The van der Waals surface area contributed by atoms with Crippen molar-refractivity contribution in [2.24, 2.45) is 5.73 Å². The fourth-order valence-corrected chi connectivity index (χ4v) is 2.44. The standard InChI is InChI=1S/C16H24N2O2/c17-13-14-6-8-15(9-7-14)20-12-4-11-18-10-3-1-2-5-16(18)19/h6-9H,1-5,10-13,17H2. The summed E-state index contributed by atoms with van der Waals surface area (Å²) in [6.45, 7) is 2.91. The first-order valence-electron chi connectivity index (χ1n) is 7.49. The van der Waals surface area contributed by atoms with Gasteiger partial charge >= 0.3 is 0 Å². The number of ether oxygens (including phenoxy) is 1. The summed E-state index contributed by atoms with van der Waals surface area (Å²) in [5.41, 5.74) is 6.66. The van der Waals surface area contributed by atoms with E-state index in [1.54, 1.807) is 0 Å². The van der Waals surface area contributed by atoms with Crippen LogP contribution in [0.25, 0.3) is 0 Å². The second-order valence-electron chi connectivity index (χ2n) is 5.24. The van der Waals surface area contributed by atoms with Crippen LogP contribution in [0.3, 0.4) is 0 Å². The molecule has 1 aromatic rings. The summed E-state index contributed by atoms with van der Waals surface area (Å²) in [6, 6.07) is 7.85. The molecule has 1 fully saturated rings. The number of hydrogen-bond acceptors (Lipinski definition) is 3. The minimum Gasteiger partial charge on any atom is -0.494 e. The Bertz CT molecular complexity index is 417. The average Bonchev–Trinajstić information content (AvgIpc) is 2.69. The average molecular weight is 276 g/mol. The van der Waals surface area contributed by atoms with E-state index in [0.717, 1.165) is 43.7 Å². The number of benzene rings is 1. The lowest BCUT2D eigenvalue weighted by Gasteiger charge is -2.20. The molecule has 110 valence electrons. The molecule has 0 radical (unpaired) electrons. The van der Waals surface area contributed by atoms with Crippen LogP contribution in [0.15, 0.2) is 24.3 Å². The number of carbonyl (C=O) groups excluding carboxylic acids is 1. The third-order valence-corrected chi connectivity index (χ3v) is 3.67. The van der Waals surface area contributed by atoms with E-state index in [-0.39, 0.29) is 0 Å². The second kappa shape index (κ2) is 7.90. The fourth-order valence-electron chi connectivity index (χ4n) is 2.44. The van der Waals surface area contributed by atoms with Gasteiger partial charge < -0.3 is 15.4 Å². The van der Waals surface area contributed by atoms with E-state index in [4.69, 9.17) is 10.5 Å². The van der Waals surface area contributed by atoms with Crippen molar-refractivity contribution in [2.45, 2.75) is 38.6 Å². The van der Waals surface area contributed by atoms with E-state index in [1.807, 2.05) is 29.2 Å². The maximum atomic E-state index is 11.8. The van der Waals surface area contributed by atoms with E-state index >= 15 is 0 Å². The summed E-state index contributed by atoms with van der Waals surface area (Å²) in [4.78, 5) is 13.8. The Balaban J connectivity index is 1.68. The molecule has 0 spiro atoms. The zero-order valence-corrected chi connectivity index (χ0v) is 12.0. The predicted molar refractivity (Wildman–Crippen MR) is 79.5 cm³/mol. The Morgan fingerprint density at radius 2 is 1.95 bits per heavy atom. The van der Waals surface area contributed by atoms with Gasteiger partial charge in [-0.3, -0.25) is 4.79 Å². The van der Waals surface area contributed by atoms with Gasteiger partial charge in [0.1, 0.15) is 5.75 Å². The lowest BCUT2D eigenvalue weighted by atomic mass is 10.2. The van der Waals surface area contributed by atoms with Crippen LogP contribution in [0.1, 0.15) is 37.7 Å². The SMILES string of the molecule is NCc1ccc(OCCCN2CCCCCC2=O)cc1. The van der Waals surface area contributed by atoms with Crippen molar-refractivity contribution in [3.63, 3.8) is 0 Å². The maximum Gasteiger partial charge on any atom is 0.222 e. The van der Waals surface area contributed by atoms with Crippen LogP contribution in [0.5, 0.6) is 5.75 Å². The van der Waals surface area contributed by atoms with Gasteiger partial charge in [0.2, 0.25) is 5.91 Å². The molecule has 0 bridgehead atoms. The first-order chi connectivity index (χ1) is 9.79. The van der Waals surface area contributed by atoms with Gasteiger partial charge in [-0.1, -0.05) is 18.6 Å². The van der Waals surface area contributed by atoms with Crippen molar-refractivity contribution in [1.82, 2.24) is 4.90 Å². The third kappa shape index (κ3) is 4.53. The van der Waals surface area contributed by atoms with Gasteiger partial charge in [0.05, 0.1) is 6.61 Å². The van der Waals surface area contributed by atoms with Crippen LogP contribution in [0.2, 0.25) is 0 Å². The molecule has 1 saturated heterocycles. The molecule has 4 heteroatoms. The molecule has 0 unspecified atom stereocenters. The van der Waals surface area contributed by atoms with Crippen molar-refractivity contribution in [1.29, 1.82) is 0 Å². The van der Waals surface area contributed by atoms with Gasteiger partial charge in [-0.2, -0.15) is 0 Å². The molecule has 1 aliphatic rings. The van der Waals surface area contributed by atoms with Crippen molar-refractivity contribution < 1.29 is 9.53 Å². The number of carbonyl (C=O) groups is 1. The van der Waals surface area contributed by atoms with E-state index < -0.39 is 0 Å². The highest BCUT2D eigenvalue weighted by Crippen LogP contribution is 2.13. The van der Waals surface area contributed by atoms with Gasteiger partial charge in [-0.25, -0.2) is 0 Å². The molecule has 0 aromatic heterocycles. The highest BCUT2D eigenvalue weighted by atomic mass is 16.5. The van der Waals surface area contributed by atoms with Crippen LogP contribution >= 0.6 is 0 Å². The van der Waals surface area contributed by atoms with E-state index in [1.165, 1.54) is 6.42 Å². The normalized spacial score (nSPS) is 16.1. The van der Waals surface area contributed by atoms with Crippen LogP contribution in [0, 0.1) is 0 Å². The summed E-state index contributed by atoms with van der Waals surface area (Å²) < 4.78 is 5.68. The van der Waals surface area contributed by atoms with Crippen molar-refractivity contribution in [2.75, 3.05) is 19.7 Å². The molecular weight excluding hydrogens is 252 g/mol. The third-order valence-electron chi connectivity index (χ3n) is 3.67. The van der Waals surface area contributed by atoms with Gasteiger partial charge in [0.25, 0.3) is 0 Å². The topological polar surface area (TPSA) is 55.6 Å². The molecule has 2 N–H and O–H groups in total. The van der Waals surface area contributed by atoms with Crippen LogP contribution in [-0.4, -0.2) is 30.5 Å². The van der Waals surface area contributed by atoms with E-state index in [0.29, 0.717) is 25.5 Å². The molecule has 1 amide bonds. The number of hydrogen-bond donors (Lipinski definition) is 1. The molecule has 1 aliphatic heterocycles. The van der Waals surface area contributed by atoms with Gasteiger partial charge in [0, 0.05) is 26.1 Å². The Morgan fingerprint density at radius 1 is 1.15 bits per heavy atom. The van der Waals surface area contributed by atoms with Gasteiger partial charge in [-0.05, 0) is 37.0 Å². The Morgan fingerprint density at radius 3 is 2.70 bits per heavy atom. The summed E-state index contributed by atoms with van der Waals surface area (Å²) in [6.07, 6.45) is 4.94. The summed E-state index contributed by atoms with van der Waals surface area (Å²) in [7, 11) is 0. The predicted octanol–water partition coefficient (Wildman–Crippen LogP) is 2.32. The number of rotatable bonds is 6. The molecule has 2 rings (SSSR count). The van der Waals surface area contributed by atoms with Gasteiger partial charge in [-0.15, -0.1) is 0 Å². The van der Waals surface area contributed by atoms with Crippen LogP contribution in [-0.2, 0) is 11.3 Å². The molecule has 0 aliphatic carbocycles. The molecule has 4 nitrogen and oxygen atoms in total. The number of amides is 1. The summed E-state index contributed by atoms with van der Waals surface area (Å²) in [5, 5.41) is 0. The first kappa shape index (κ1) is 14.9. The molecule has 0 atom stereocenters. The fraction of sp³-hybridized carbons (Fsp3) is 0.562. The molecule has 1 aromatic carbocycles. The second-order valence-corrected chi connectivity index (χ2v) is 5.24. The van der Waals surface area contributed by atoms with E-state index in [9.17, 15) is 4.79 Å². The zero-order chi connectivity index (χ0) is 14.2. The minimum atomic E-state index is 0.301. The Kier molecular flexibility index (Phi) is 5.87. The Labute approximate surface area is 120 Å². The number of likely N-dealkylation sites (tertiary alicyclic amines) is 1. The Hall–Kier alpha value is -1.55. The molecule has 20 heavy (non-hydrogen) atoms. The monoisotopic (exact) mass is 276 g/mol. The highest BCUT2D eigenvalue weighted by Gasteiger charge is 2.15. The first-order valence-corrected chi connectivity index (χ1v) is 7.49. The van der Waals surface area contributed by atoms with Gasteiger partial charge in [0.15, 0.2) is 0 Å².